The van der Waals surface area contributed by atoms with E-state index in [0.29, 0.717) is 30.1 Å². The van der Waals surface area contributed by atoms with Crippen molar-refractivity contribution in [2.24, 2.45) is 0 Å². The molecule has 120 valence electrons. The molecule has 0 N–H and O–H groups in total. The minimum absolute atomic E-state index is 0.211. The molecule has 0 atom stereocenters. The number of esters is 2. The predicted molar refractivity (Wildman–Crippen MR) is 80.2 cm³/mol. The van der Waals surface area contributed by atoms with Gasteiger partial charge in [-0.15, -0.1) is 0 Å². The van der Waals surface area contributed by atoms with Gasteiger partial charge in [0.1, 0.15) is 6.61 Å². The van der Waals surface area contributed by atoms with Crippen LogP contribution in [0, 0.1) is 0 Å². The Morgan fingerprint density at radius 3 is 2.64 bits per heavy atom. The lowest BCUT2D eigenvalue weighted by molar-refractivity contribution is -0.142. The molecule has 0 heterocycles. The lowest BCUT2D eigenvalue weighted by atomic mass is 10.2. The van der Waals surface area contributed by atoms with Crippen LogP contribution in [0.25, 0.3) is 0 Å². The lowest BCUT2D eigenvalue weighted by Crippen LogP contribution is -2.08. The minimum Gasteiger partial charge on any atom is -0.493 e. The van der Waals surface area contributed by atoms with E-state index in [4.69, 9.17) is 14.2 Å². The summed E-state index contributed by atoms with van der Waals surface area (Å²) in [7, 11) is 2.79. The fourth-order valence-corrected chi connectivity index (χ4v) is 1.65. The van der Waals surface area contributed by atoms with Gasteiger partial charge in [-0.25, -0.2) is 4.79 Å². The monoisotopic (exact) mass is 308 g/mol. The highest BCUT2D eigenvalue weighted by Crippen LogP contribution is 2.28. The highest BCUT2D eigenvalue weighted by Gasteiger charge is 2.11. The average Bonchev–Trinajstić information content (AvgIpc) is 2.56. The Labute approximate surface area is 129 Å². The van der Waals surface area contributed by atoms with E-state index in [9.17, 15) is 9.59 Å². The number of hydrogen-bond donors (Lipinski definition) is 0. The molecule has 0 radical (unpaired) electrons. The number of ether oxygens (including phenoxy) is 4. The average molecular weight is 308 g/mol. The first-order valence-electron chi connectivity index (χ1n) is 6.78. The van der Waals surface area contributed by atoms with Crippen molar-refractivity contribution < 1.29 is 28.5 Å². The van der Waals surface area contributed by atoms with Crippen molar-refractivity contribution in [3.05, 3.63) is 36.4 Å². The molecule has 0 saturated carbocycles. The topological polar surface area (TPSA) is 71.1 Å². The third-order valence-electron chi connectivity index (χ3n) is 2.73. The van der Waals surface area contributed by atoms with Gasteiger partial charge < -0.3 is 18.9 Å². The summed E-state index contributed by atoms with van der Waals surface area (Å²) >= 11 is 0. The SMILES string of the molecule is C=CCOC(=O)CCCOc1ccc(C(=O)OC)cc1OC. The van der Waals surface area contributed by atoms with Crippen LogP contribution in [0.4, 0.5) is 0 Å². The molecule has 0 amide bonds. The lowest BCUT2D eigenvalue weighted by Gasteiger charge is -2.11. The largest absolute Gasteiger partial charge is 0.493 e. The molecule has 0 spiro atoms. The van der Waals surface area contributed by atoms with Gasteiger partial charge in [-0.1, -0.05) is 12.7 Å². The van der Waals surface area contributed by atoms with Crippen LogP contribution >= 0.6 is 0 Å². The third kappa shape index (κ3) is 5.47. The van der Waals surface area contributed by atoms with E-state index >= 15 is 0 Å². The van der Waals surface area contributed by atoms with Crippen LogP contribution in [0.2, 0.25) is 0 Å². The predicted octanol–water partition coefficient (Wildman–Crippen LogP) is 2.37. The van der Waals surface area contributed by atoms with E-state index < -0.39 is 5.97 Å². The Hall–Kier alpha value is -2.50. The van der Waals surface area contributed by atoms with Crippen LogP contribution in [0.15, 0.2) is 30.9 Å². The maximum Gasteiger partial charge on any atom is 0.337 e. The maximum absolute atomic E-state index is 11.4. The van der Waals surface area contributed by atoms with Crippen molar-refractivity contribution in [2.75, 3.05) is 27.4 Å². The maximum atomic E-state index is 11.4. The van der Waals surface area contributed by atoms with Gasteiger partial charge in [-0.3, -0.25) is 4.79 Å². The van der Waals surface area contributed by atoms with Crippen LogP contribution in [0.3, 0.4) is 0 Å². The van der Waals surface area contributed by atoms with Crippen LogP contribution < -0.4 is 9.47 Å². The smallest absolute Gasteiger partial charge is 0.337 e. The number of hydrogen-bond acceptors (Lipinski definition) is 6. The zero-order valence-corrected chi connectivity index (χ0v) is 12.8. The van der Waals surface area contributed by atoms with Gasteiger partial charge in [0.05, 0.1) is 26.4 Å². The zero-order valence-electron chi connectivity index (χ0n) is 12.8. The summed E-state index contributed by atoms with van der Waals surface area (Å²) < 4.78 is 20.2. The summed E-state index contributed by atoms with van der Waals surface area (Å²) in [5.74, 6) is 0.179. The quantitative estimate of drug-likeness (QED) is 0.396. The van der Waals surface area contributed by atoms with Crippen LogP contribution in [0.1, 0.15) is 23.2 Å². The van der Waals surface area contributed by atoms with Crippen molar-refractivity contribution in [1.29, 1.82) is 0 Å². The van der Waals surface area contributed by atoms with Crippen molar-refractivity contribution in [3.63, 3.8) is 0 Å². The van der Waals surface area contributed by atoms with Crippen LogP contribution in [-0.2, 0) is 14.3 Å². The first-order valence-corrected chi connectivity index (χ1v) is 6.78. The summed E-state index contributed by atoms with van der Waals surface area (Å²) in [6.07, 6.45) is 2.29. The molecule has 22 heavy (non-hydrogen) atoms. The Bertz CT molecular complexity index is 523. The van der Waals surface area contributed by atoms with E-state index in [1.165, 1.54) is 20.3 Å². The Morgan fingerprint density at radius 2 is 2.00 bits per heavy atom. The number of benzene rings is 1. The Morgan fingerprint density at radius 1 is 1.23 bits per heavy atom. The fraction of sp³-hybridized carbons (Fsp3) is 0.375. The molecule has 1 rings (SSSR count). The first-order chi connectivity index (χ1) is 10.6. The molecular weight excluding hydrogens is 288 g/mol. The number of rotatable bonds is 9. The summed E-state index contributed by atoms with van der Waals surface area (Å²) in [6.45, 7) is 4.01. The first kappa shape index (κ1) is 17.6. The Kier molecular flexibility index (Phi) is 7.53. The van der Waals surface area contributed by atoms with Gasteiger partial charge in [0.2, 0.25) is 0 Å². The molecule has 0 bridgehead atoms. The molecule has 6 heteroatoms. The third-order valence-corrected chi connectivity index (χ3v) is 2.73. The number of carbonyl (C=O) groups is 2. The van der Waals surface area contributed by atoms with Crippen molar-refractivity contribution in [3.8, 4) is 11.5 Å². The summed E-state index contributed by atoms with van der Waals surface area (Å²) in [5, 5.41) is 0. The van der Waals surface area contributed by atoms with Crippen molar-refractivity contribution in [1.82, 2.24) is 0 Å². The Balaban J connectivity index is 2.50. The molecule has 0 saturated heterocycles. The molecule has 0 aliphatic heterocycles. The standard InChI is InChI=1S/C16H20O6/c1-4-9-22-15(17)6-5-10-21-13-8-7-12(16(18)20-3)11-14(13)19-2/h4,7-8,11H,1,5-6,9-10H2,2-3H3. The van der Waals surface area contributed by atoms with E-state index in [1.807, 2.05) is 0 Å². The normalized spacial score (nSPS) is 9.73. The van der Waals surface area contributed by atoms with Crippen molar-refractivity contribution in [2.45, 2.75) is 12.8 Å². The van der Waals surface area contributed by atoms with E-state index in [-0.39, 0.29) is 19.0 Å². The van der Waals surface area contributed by atoms with Crippen LogP contribution in [-0.4, -0.2) is 39.4 Å². The van der Waals surface area contributed by atoms with Gasteiger partial charge in [-0.05, 0) is 24.6 Å². The fourth-order valence-electron chi connectivity index (χ4n) is 1.65. The van der Waals surface area contributed by atoms with E-state index in [0.717, 1.165) is 0 Å². The van der Waals surface area contributed by atoms with E-state index in [1.54, 1.807) is 18.2 Å². The van der Waals surface area contributed by atoms with Gasteiger partial charge in [0.25, 0.3) is 0 Å². The second-order valence-corrected chi connectivity index (χ2v) is 4.28. The highest BCUT2D eigenvalue weighted by molar-refractivity contribution is 5.90. The molecule has 1 aromatic rings. The summed E-state index contributed by atoms with van der Waals surface area (Å²) in [5.41, 5.74) is 0.375. The molecule has 6 nitrogen and oxygen atoms in total. The summed E-state index contributed by atoms with van der Waals surface area (Å²) in [4.78, 5) is 22.7. The minimum atomic E-state index is -0.449. The van der Waals surface area contributed by atoms with Crippen LogP contribution in [0.5, 0.6) is 11.5 Å². The highest BCUT2D eigenvalue weighted by atomic mass is 16.5. The van der Waals surface area contributed by atoms with Crippen molar-refractivity contribution >= 4 is 11.9 Å². The second-order valence-electron chi connectivity index (χ2n) is 4.28. The molecule has 0 aliphatic rings. The molecular formula is C16H20O6. The second kappa shape index (κ2) is 9.44. The van der Waals surface area contributed by atoms with Gasteiger partial charge >= 0.3 is 11.9 Å². The van der Waals surface area contributed by atoms with Gasteiger partial charge in [0, 0.05) is 6.42 Å². The zero-order chi connectivity index (χ0) is 16.4. The number of methoxy groups -OCH3 is 2. The summed E-state index contributed by atoms with van der Waals surface area (Å²) in [6, 6.07) is 4.75. The van der Waals surface area contributed by atoms with Gasteiger partial charge in [0.15, 0.2) is 11.5 Å². The molecule has 0 unspecified atom stereocenters. The molecule has 0 aromatic heterocycles. The molecule has 0 aliphatic carbocycles. The van der Waals surface area contributed by atoms with Gasteiger partial charge in [-0.2, -0.15) is 0 Å². The molecule has 1 aromatic carbocycles. The number of carbonyl (C=O) groups excluding carboxylic acids is 2. The van der Waals surface area contributed by atoms with E-state index in [2.05, 4.69) is 11.3 Å². The molecule has 0 fully saturated rings.